The first kappa shape index (κ1) is 17.6. The largest absolute Gasteiger partial charge is 0.348 e. The van der Waals surface area contributed by atoms with Gasteiger partial charge in [0.25, 0.3) is 0 Å². The Bertz CT molecular complexity index is 1050. The average molecular weight is 386 g/mol. The monoisotopic (exact) mass is 385 g/mol. The van der Waals surface area contributed by atoms with Gasteiger partial charge in [-0.05, 0) is 24.6 Å². The summed E-state index contributed by atoms with van der Waals surface area (Å²) in [5.74, 6) is -4.75. The number of nitrogens with one attached hydrogen (secondary N) is 1. The molecule has 0 aliphatic heterocycles. The van der Waals surface area contributed by atoms with Crippen LogP contribution in [0.3, 0.4) is 0 Å². The summed E-state index contributed by atoms with van der Waals surface area (Å²) in [5, 5.41) is 2.92. The van der Waals surface area contributed by atoms with Crippen LogP contribution in [-0.2, 0) is 0 Å². The molecular formula is C21H14ClF2NO2. The van der Waals surface area contributed by atoms with E-state index in [1.807, 2.05) is 0 Å². The number of rotatable bonds is 2. The van der Waals surface area contributed by atoms with Crippen molar-refractivity contribution in [2.45, 2.75) is 19.1 Å². The number of anilines is 1. The summed E-state index contributed by atoms with van der Waals surface area (Å²) in [5.41, 5.74) is 0.0591. The first-order valence-corrected chi connectivity index (χ1v) is 8.73. The molecule has 2 aromatic carbocycles. The number of hydrogen-bond donors (Lipinski definition) is 1. The van der Waals surface area contributed by atoms with E-state index >= 15 is 4.39 Å². The van der Waals surface area contributed by atoms with Gasteiger partial charge in [-0.3, -0.25) is 9.59 Å². The van der Waals surface area contributed by atoms with E-state index in [1.54, 1.807) is 37.3 Å². The number of alkyl halides is 1. The number of allylic oxidation sites excluding steroid dienone is 2. The molecule has 27 heavy (non-hydrogen) atoms. The third kappa shape index (κ3) is 2.61. The van der Waals surface area contributed by atoms with E-state index in [0.717, 1.165) is 6.08 Å². The van der Waals surface area contributed by atoms with Gasteiger partial charge in [0.05, 0.1) is 21.9 Å². The maximum Gasteiger partial charge on any atom is 0.214 e. The van der Waals surface area contributed by atoms with Gasteiger partial charge in [-0.1, -0.05) is 48.0 Å². The Kier molecular flexibility index (Phi) is 4.00. The lowest BCUT2D eigenvalue weighted by Crippen LogP contribution is -2.44. The van der Waals surface area contributed by atoms with Crippen molar-refractivity contribution in [2.24, 2.45) is 0 Å². The number of aryl methyl sites for hydroxylation is 1. The van der Waals surface area contributed by atoms with Gasteiger partial charge in [0.1, 0.15) is 5.83 Å². The molecule has 0 saturated carbocycles. The average Bonchev–Trinajstić information content (AvgIpc) is 2.65. The zero-order valence-corrected chi connectivity index (χ0v) is 15.0. The zero-order valence-electron chi connectivity index (χ0n) is 14.3. The molecule has 2 aliphatic carbocycles. The van der Waals surface area contributed by atoms with E-state index in [1.165, 1.54) is 12.1 Å². The predicted molar refractivity (Wildman–Crippen MR) is 99.6 cm³/mol. The molecule has 1 atom stereocenters. The van der Waals surface area contributed by atoms with Gasteiger partial charge >= 0.3 is 0 Å². The molecular weight excluding hydrogens is 372 g/mol. The van der Waals surface area contributed by atoms with Gasteiger partial charge in [0, 0.05) is 17.5 Å². The molecule has 0 fully saturated rings. The van der Waals surface area contributed by atoms with Crippen molar-refractivity contribution < 1.29 is 18.4 Å². The lowest BCUT2D eigenvalue weighted by atomic mass is 9.76. The molecule has 3 nitrogen and oxygen atoms in total. The minimum Gasteiger partial charge on any atom is -0.348 e. The highest BCUT2D eigenvalue weighted by atomic mass is 35.5. The Hall–Kier alpha value is -2.79. The number of carbonyl (C=O) groups is 2. The number of halogens is 3. The molecule has 136 valence electrons. The van der Waals surface area contributed by atoms with Crippen molar-refractivity contribution in [3.8, 4) is 0 Å². The third-order valence-corrected chi connectivity index (χ3v) is 5.18. The number of carbonyl (C=O) groups excluding carboxylic acids is 2. The minimum atomic E-state index is -2.46. The molecule has 4 rings (SSSR count). The van der Waals surface area contributed by atoms with Crippen molar-refractivity contribution in [2.75, 3.05) is 5.32 Å². The van der Waals surface area contributed by atoms with Crippen LogP contribution in [0.25, 0.3) is 0 Å². The van der Waals surface area contributed by atoms with Crippen LogP contribution in [0.5, 0.6) is 0 Å². The molecule has 0 bridgehead atoms. The fourth-order valence-corrected chi connectivity index (χ4v) is 3.79. The van der Waals surface area contributed by atoms with Crippen molar-refractivity contribution in [1.82, 2.24) is 0 Å². The molecule has 0 heterocycles. The topological polar surface area (TPSA) is 46.2 Å². The number of benzene rings is 2. The zero-order chi connectivity index (χ0) is 19.3. The van der Waals surface area contributed by atoms with Gasteiger partial charge in [-0.25, -0.2) is 8.78 Å². The number of ketones is 2. The summed E-state index contributed by atoms with van der Waals surface area (Å²) in [6.45, 7) is 1.73. The number of para-hydroxylation sites is 1. The van der Waals surface area contributed by atoms with Crippen LogP contribution in [-0.4, -0.2) is 17.4 Å². The van der Waals surface area contributed by atoms with Crippen LogP contribution in [0.1, 0.15) is 32.7 Å². The SMILES string of the molecule is Cc1cccc(Cl)c1NC1(F)CC=C(F)C2=C1C(=O)c1ccccc1C2=O. The highest BCUT2D eigenvalue weighted by Gasteiger charge is 2.49. The van der Waals surface area contributed by atoms with Crippen LogP contribution >= 0.6 is 11.6 Å². The lowest BCUT2D eigenvalue weighted by molar-refractivity contribution is 0.0932. The number of Topliss-reactive ketones (excluding diaryl/α,β-unsaturated/α-hetero) is 2. The summed E-state index contributed by atoms with van der Waals surface area (Å²) >= 11 is 6.17. The molecule has 2 aromatic rings. The van der Waals surface area contributed by atoms with Gasteiger partial charge in [0.2, 0.25) is 5.79 Å². The number of fused-ring (bicyclic) bond motifs is 1. The Balaban J connectivity index is 1.90. The molecule has 2 aliphatic rings. The Labute approximate surface area is 159 Å². The van der Waals surface area contributed by atoms with Crippen molar-refractivity contribution >= 4 is 28.9 Å². The molecule has 1 unspecified atom stereocenters. The second-order valence-electron chi connectivity index (χ2n) is 6.57. The standard InChI is InChI=1S/C21H14ClF2NO2/c1-11-5-4-8-14(22)18(11)25-21(24)10-9-15(23)16-17(21)20(27)13-7-3-2-6-12(13)19(16)26/h2-9,25H,10H2,1H3. The van der Waals surface area contributed by atoms with Gasteiger partial charge in [-0.2, -0.15) is 0 Å². The molecule has 0 saturated heterocycles. The van der Waals surface area contributed by atoms with Gasteiger partial charge in [-0.15, -0.1) is 0 Å². The third-order valence-electron chi connectivity index (χ3n) is 4.86. The molecule has 6 heteroatoms. The normalized spacial score (nSPS) is 21.6. The summed E-state index contributed by atoms with van der Waals surface area (Å²) in [6, 6.07) is 11.1. The summed E-state index contributed by atoms with van der Waals surface area (Å²) in [7, 11) is 0. The summed E-state index contributed by atoms with van der Waals surface area (Å²) < 4.78 is 30.5. The van der Waals surface area contributed by atoms with Crippen LogP contribution < -0.4 is 5.32 Å². The van der Waals surface area contributed by atoms with Gasteiger partial charge in [0.15, 0.2) is 11.6 Å². The van der Waals surface area contributed by atoms with Crippen molar-refractivity contribution in [1.29, 1.82) is 0 Å². The predicted octanol–water partition coefficient (Wildman–Crippen LogP) is 5.36. The summed E-state index contributed by atoms with van der Waals surface area (Å²) in [6.07, 6.45) is 0.542. The second-order valence-corrected chi connectivity index (χ2v) is 6.98. The quantitative estimate of drug-likeness (QED) is 0.708. The molecule has 0 spiro atoms. The molecule has 0 radical (unpaired) electrons. The van der Waals surface area contributed by atoms with Gasteiger partial charge < -0.3 is 5.32 Å². The van der Waals surface area contributed by atoms with E-state index in [4.69, 9.17) is 11.6 Å². The maximum absolute atomic E-state index is 16.0. The van der Waals surface area contributed by atoms with Crippen LogP contribution in [0.4, 0.5) is 14.5 Å². The lowest BCUT2D eigenvalue weighted by Gasteiger charge is -2.35. The minimum absolute atomic E-state index is 0.0654. The fourth-order valence-electron chi connectivity index (χ4n) is 3.52. The van der Waals surface area contributed by atoms with Crippen molar-refractivity contribution in [3.63, 3.8) is 0 Å². The van der Waals surface area contributed by atoms with E-state index in [0.29, 0.717) is 11.3 Å². The highest BCUT2D eigenvalue weighted by molar-refractivity contribution is 6.33. The van der Waals surface area contributed by atoms with Crippen LogP contribution in [0.15, 0.2) is 65.5 Å². The van der Waals surface area contributed by atoms with E-state index in [9.17, 15) is 14.0 Å². The van der Waals surface area contributed by atoms with E-state index in [2.05, 4.69) is 5.32 Å². The molecule has 0 amide bonds. The molecule has 1 N–H and O–H groups in total. The summed E-state index contributed by atoms with van der Waals surface area (Å²) in [4.78, 5) is 25.8. The first-order valence-electron chi connectivity index (χ1n) is 8.35. The Morgan fingerprint density at radius 3 is 2.37 bits per heavy atom. The van der Waals surface area contributed by atoms with Crippen LogP contribution in [0, 0.1) is 6.92 Å². The van der Waals surface area contributed by atoms with Crippen molar-refractivity contribution in [3.05, 3.63) is 87.2 Å². The first-order chi connectivity index (χ1) is 12.8. The fraction of sp³-hybridized carbons (Fsp3) is 0.143. The smallest absolute Gasteiger partial charge is 0.214 e. The van der Waals surface area contributed by atoms with E-state index in [-0.39, 0.29) is 16.1 Å². The highest BCUT2D eigenvalue weighted by Crippen LogP contribution is 2.44. The molecule has 0 aromatic heterocycles. The number of hydrogen-bond acceptors (Lipinski definition) is 3. The Morgan fingerprint density at radius 2 is 1.70 bits per heavy atom. The van der Waals surface area contributed by atoms with Crippen LogP contribution in [0.2, 0.25) is 5.02 Å². The maximum atomic E-state index is 16.0. The second kappa shape index (κ2) is 6.13. The van der Waals surface area contributed by atoms with E-state index < -0.39 is 40.8 Å². The Morgan fingerprint density at radius 1 is 1.04 bits per heavy atom.